The van der Waals surface area contributed by atoms with Gasteiger partial charge >= 0.3 is 30.5 Å². The molecule has 3 aliphatic rings. The van der Waals surface area contributed by atoms with E-state index in [-0.39, 0.29) is 33.0 Å². The third kappa shape index (κ3) is 6.44. The first-order chi connectivity index (χ1) is 33.2. The monoisotopic (exact) mass is 965 g/mol. The van der Waals surface area contributed by atoms with Crippen LogP contribution in [0.4, 0.5) is 11.4 Å². The number of fused-ring (bicyclic) bond motifs is 9. The van der Waals surface area contributed by atoms with E-state index in [9.17, 15) is 5.11 Å². The number of phenolic OH excluding ortho intramolecular Hbond substituents is 1. The summed E-state index contributed by atoms with van der Waals surface area (Å²) in [6.45, 7) is 0. The Kier molecular flexibility index (Phi) is 9.95. The number of benzene rings is 9. The second kappa shape index (κ2) is 16.1. The van der Waals surface area contributed by atoms with Crippen molar-refractivity contribution in [2.45, 2.75) is 0 Å². The second-order valence-electron chi connectivity index (χ2n) is 16.3. The van der Waals surface area contributed by atoms with Gasteiger partial charge in [-0.15, -0.1) is 0 Å². The lowest BCUT2D eigenvalue weighted by Crippen LogP contribution is -2.36. The molecular formula is C54H37N2O8P4+. The van der Waals surface area contributed by atoms with Crippen LogP contribution in [0.15, 0.2) is 218 Å². The molecule has 1 N–H and O–H groups in total. The smallest absolute Gasteiger partial charge is 0.507 e. The van der Waals surface area contributed by atoms with E-state index in [1.165, 1.54) is 8.88 Å². The normalized spacial score (nSPS) is 19.4. The third-order valence-corrected chi connectivity index (χ3v) is 22.8. The molecular weight excluding hydrogens is 928 g/mol. The molecule has 0 amide bonds. The lowest BCUT2D eigenvalue weighted by molar-refractivity contribution is 0.474. The highest BCUT2D eigenvalue weighted by Gasteiger charge is 2.57. The second-order valence-corrected chi connectivity index (χ2v) is 24.7. The zero-order valence-electron chi connectivity index (χ0n) is 35.8. The summed E-state index contributed by atoms with van der Waals surface area (Å²) >= 11 is 0. The van der Waals surface area contributed by atoms with Crippen molar-refractivity contribution >= 4 is 63.1 Å². The topological polar surface area (TPSA) is 123 Å². The molecule has 3 heterocycles. The van der Waals surface area contributed by atoms with E-state index in [1.807, 2.05) is 72.8 Å². The molecule has 12 rings (SSSR count). The van der Waals surface area contributed by atoms with Crippen molar-refractivity contribution in [3.8, 4) is 67.5 Å². The Labute approximate surface area is 393 Å². The van der Waals surface area contributed by atoms with Gasteiger partial charge in [-0.1, -0.05) is 150 Å². The van der Waals surface area contributed by atoms with E-state index in [4.69, 9.17) is 13.6 Å². The lowest BCUT2D eigenvalue weighted by atomic mass is 10.0. The minimum atomic E-state index is -4.57. The van der Waals surface area contributed by atoms with Crippen molar-refractivity contribution in [3.05, 3.63) is 218 Å². The summed E-state index contributed by atoms with van der Waals surface area (Å²) < 4.78 is 88.9. The van der Waals surface area contributed by atoms with Gasteiger partial charge in [0.15, 0.2) is 0 Å². The first kappa shape index (κ1) is 42.0. The summed E-state index contributed by atoms with van der Waals surface area (Å²) in [5, 5.41) is 12.3. The minimum absolute atomic E-state index is 0.0366. The fourth-order valence-electron chi connectivity index (χ4n) is 9.36. The predicted molar refractivity (Wildman–Crippen MR) is 271 cm³/mol. The first-order valence-electron chi connectivity index (χ1n) is 21.7. The first-order valence-corrected chi connectivity index (χ1v) is 27.6. The summed E-state index contributed by atoms with van der Waals surface area (Å²) in [6, 6.07) is 63.4. The number of hydrogen-bond acceptors (Lipinski definition) is 8. The maximum Gasteiger partial charge on any atom is 0.511 e. The Morgan fingerprint density at radius 1 is 0.368 bits per heavy atom. The summed E-state index contributed by atoms with van der Waals surface area (Å²) in [7, 11) is -16.6. The van der Waals surface area contributed by atoms with Crippen molar-refractivity contribution in [3.63, 3.8) is 0 Å². The largest absolute Gasteiger partial charge is 0.511 e. The highest BCUT2D eigenvalue weighted by atomic mass is 31.2. The summed E-state index contributed by atoms with van der Waals surface area (Å²) in [5.41, 5.74) is 5.05. The van der Waals surface area contributed by atoms with Gasteiger partial charge < -0.3 is 18.7 Å². The molecule has 10 nitrogen and oxygen atoms in total. The minimum Gasteiger partial charge on any atom is -0.507 e. The van der Waals surface area contributed by atoms with E-state index in [0.717, 1.165) is 0 Å². The SMILES string of the molecule is O=[P+](c1ccccc1-c1ccccc1O)N(c1cccc(N(P2(=O)Oc3ccccc3-c3ccccc32)P2(=O)Oc3ccccc3-c3ccccc32)c1)P1(=O)Oc2ccccc2-c2ccccc21. The summed E-state index contributed by atoms with van der Waals surface area (Å²) in [4.78, 5) is 0. The Balaban J connectivity index is 1.13. The third-order valence-electron chi connectivity index (χ3n) is 12.3. The average molecular weight is 966 g/mol. The van der Waals surface area contributed by atoms with Gasteiger partial charge in [0, 0.05) is 44.5 Å². The number of anilines is 2. The van der Waals surface area contributed by atoms with Crippen LogP contribution in [-0.4, -0.2) is 5.11 Å². The summed E-state index contributed by atoms with van der Waals surface area (Å²) in [5.74, 6) is 0.910. The molecule has 9 aromatic rings. The zero-order valence-corrected chi connectivity index (χ0v) is 39.4. The molecule has 0 radical (unpaired) electrons. The van der Waals surface area contributed by atoms with E-state index < -0.39 is 30.5 Å². The van der Waals surface area contributed by atoms with Crippen LogP contribution in [0.25, 0.3) is 44.5 Å². The maximum atomic E-state index is 16.8. The van der Waals surface area contributed by atoms with Gasteiger partial charge in [0.05, 0.1) is 27.3 Å². The number of phenols is 1. The van der Waals surface area contributed by atoms with Gasteiger partial charge in [-0.25, -0.2) is 18.1 Å². The van der Waals surface area contributed by atoms with Crippen molar-refractivity contribution in [1.29, 1.82) is 0 Å². The van der Waals surface area contributed by atoms with Crippen molar-refractivity contribution in [2.75, 3.05) is 8.88 Å². The highest BCUT2D eigenvalue weighted by Crippen LogP contribution is 2.72. The molecule has 330 valence electrons. The van der Waals surface area contributed by atoms with Crippen LogP contribution < -0.4 is 43.7 Å². The Bertz CT molecular complexity index is 3600. The Morgan fingerprint density at radius 3 is 1.24 bits per heavy atom. The maximum absolute atomic E-state index is 16.8. The summed E-state index contributed by atoms with van der Waals surface area (Å²) in [6.07, 6.45) is 0. The molecule has 0 bridgehead atoms. The van der Waals surface area contributed by atoms with Gasteiger partial charge in [0.25, 0.3) is 0 Å². The van der Waals surface area contributed by atoms with E-state index in [2.05, 4.69) is 0 Å². The van der Waals surface area contributed by atoms with Crippen molar-refractivity contribution in [2.24, 2.45) is 0 Å². The van der Waals surface area contributed by atoms with Crippen LogP contribution >= 0.6 is 30.5 Å². The van der Waals surface area contributed by atoms with Crippen LogP contribution in [-0.2, 0) is 18.3 Å². The van der Waals surface area contributed by atoms with Crippen LogP contribution in [0.3, 0.4) is 0 Å². The average Bonchev–Trinajstić information content (AvgIpc) is 3.37. The molecule has 14 heteroatoms. The fourth-order valence-corrected chi connectivity index (χ4v) is 20.1. The molecule has 3 aliphatic heterocycles. The quantitative estimate of drug-likeness (QED) is 0.147. The highest BCUT2D eigenvalue weighted by molar-refractivity contribution is 7.86. The number of para-hydroxylation sites is 4. The van der Waals surface area contributed by atoms with Gasteiger partial charge in [0.1, 0.15) is 23.0 Å². The van der Waals surface area contributed by atoms with Crippen LogP contribution in [0, 0.1) is 0 Å². The van der Waals surface area contributed by atoms with Crippen molar-refractivity contribution in [1.82, 2.24) is 0 Å². The van der Waals surface area contributed by atoms with Gasteiger partial charge in [-0.3, -0.25) is 0 Å². The number of nitrogens with zero attached hydrogens (tertiary/aromatic N) is 2. The van der Waals surface area contributed by atoms with Gasteiger partial charge in [-0.2, -0.15) is 0 Å². The van der Waals surface area contributed by atoms with Crippen LogP contribution in [0.1, 0.15) is 0 Å². The molecule has 0 saturated carbocycles. The lowest BCUT2D eigenvalue weighted by Gasteiger charge is -2.42. The number of rotatable bonds is 8. The van der Waals surface area contributed by atoms with Gasteiger partial charge in [0.2, 0.25) is 5.30 Å². The Hall–Kier alpha value is -7.43. The molecule has 4 unspecified atom stereocenters. The molecule has 0 spiro atoms. The standard InChI is InChI=1S/C54H36N2O8P4/c57-47-28-9-1-20-39(47)43-24-5-13-32-51(43)65(58)55(66(59)52-33-14-6-25-44(52)40-21-2-10-29-48(40)62-66)37-18-17-19-38(36-37)56(67(60)53-34-15-7-26-45(53)41-22-3-11-30-49(41)63-67)68(61)54-35-16-8-27-46(54)42-23-4-12-31-50(42)64-68/h1-36H/p+1. The molecule has 9 aromatic carbocycles. The van der Waals surface area contributed by atoms with E-state index in [0.29, 0.717) is 67.1 Å². The van der Waals surface area contributed by atoms with Crippen molar-refractivity contribution < 1.29 is 36.9 Å². The van der Waals surface area contributed by atoms with E-state index in [1.54, 1.807) is 146 Å². The molecule has 0 aromatic heterocycles. The molecule has 0 fully saturated rings. The zero-order chi connectivity index (χ0) is 46.2. The number of aromatic hydroxyl groups is 1. The predicted octanol–water partition coefficient (Wildman–Crippen LogP) is 13.5. The van der Waals surface area contributed by atoms with Crippen LogP contribution in [0.5, 0.6) is 23.0 Å². The molecule has 68 heavy (non-hydrogen) atoms. The number of hydrogen-bond donors (Lipinski definition) is 1. The van der Waals surface area contributed by atoms with E-state index >= 15 is 18.3 Å². The molecule has 0 saturated heterocycles. The Morgan fingerprint density at radius 2 is 0.735 bits per heavy atom. The van der Waals surface area contributed by atoms with Crippen LogP contribution in [0.2, 0.25) is 0 Å². The van der Waals surface area contributed by atoms with Gasteiger partial charge in [-0.05, 0) is 77.4 Å². The fraction of sp³-hybridized carbons (Fsp3) is 0. The molecule has 0 aliphatic carbocycles. The molecule has 4 atom stereocenters.